The second-order valence-electron chi connectivity index (χ2n) is 5.79. The number of amidine groups is 1. The Morgan fingerprint density at radius 2 is 1.74 bits per heavy atom. The molecule has 3 aromatic rings. The van der Waals surface area contributed by atoms with Gasteiger partial charge in [-0.1, -0.05) is 18.2 Å². The quantitative estimate of drug-likeness (QED) is 0.218. The molecular weight excluding hydrogens is 363 g/mol. The smallest absolute Gasteiger partial charge is 0.138 e. The number of nitrogens with one attached hydrogen (secondary N) is 2. The van der Waals surface area contributed by atoms with Crippen LogP contribution in [-0.4, -0.2) is 12.9 Å². The summed E-state index contributed by atoms with van der Waals surface area (Å²) < 4.78 is 22.1. The van der Waals surface area contributed by atoms with Gasteiger partial charge < -0.3 is 20.9 Å². The van der Waals surface area contributed by atoms with E-state index < -0.39 is 0 Å². The van der Waals surface area contributed by atoms with E-state index in [4.69, 9.17) is 21.6 Å². The van der Waals surface area contributed by atoms with Crippen molar-refractivity contribution in [2.24, 2.45) is 5.73 Å². The lowest BCUT2D eigenvalue weighted by Crippen LogP contribution is -2.13. The predicted octanol–water partition coefficient (Wildman–Crippen LogP) is 4.49. The van der Waals surface area contributed by atoms with E-state index in [2.05, 4.69) is 4.72 Å². The van der Waals surface area contributed by atoms with E-state index in [1.165, 1.54) is 18.0 Å². The molecule has 138 valence electrons. The fraction of sp³-hybridized carbons (Fsp3) is 0.0500. The van der Waals surface area contributed by atoms with Crippen LogP contribution >= 0.6 is 11.9 Å². The summed E-state index contributed by atoms with van der Waals surface area (Å²) in [5, 5.41) is 7.49. The zero-order valence-electron chi connectivity index (χ0n) is 14.6. The SMILES string of the molecule is COc1ccc(F)c(SNc2ccc(-c3ccc(C(=N)N)c(N)c3)cc2)c1. The third kappa shape index (κ3) is 4.32. The van der Waals surface area contributed by atoms with Crippen molar-refractivity contribution >= 4 is 29.2 Å². The maximum Gasteiger partial charge on any atom is 0.138 e. The molecule has 0 amide bonds. The number of ether oxygens (including phenoxy) is 1. The van der Waals surface area contributed by atoms with Gasteiger partial charge in [0.1, 0.15) is 17.4 Å². The highest BCUT2D eigenvalue weighted by Gasteiger charge is 2.07. The lowest BCUT2D eigenvalue weighted by molar-refractivity contribution is 0.411. The van der Waals surface area contributed by atoms with Crippen LogP contribution in [-0.2, 0) is 0 Å². The Bertz CT molecular complexity index is 976. The Morgan fingerprint density at radius 1 is 1.04 bits per heavy atom. The molecule has 0 aliphatic heterocycles. The Balaban J connectivity index is 1.72. The summed E-state index contributed by atoms with van der Waals surface area (Å²) in [7, 11) is 1.55. The van der Waals surface area contributed by atoms with Gasteiger partial charge in [0.2, 0.25) is 0 Å². The summed E-state index contributed by atoms with van der Waals surface area (Å²) in [6.45, 7) is 0. The number of halogens is 1. The van der Waals surface area contributed by atoms with Gasteiger partial charge >= 0.3 is 0 Å². The number of methoxy groups -OCH3 is 1. The molecule has 3 aromatic carbocycles. The van der Waals surface area contributed by atoms with Crippen LogP contribution in [0.4, 0.5) is 15.8 Å². The van der Waals surface area contributed by atoms with Crippen LogP contribution in [0, 0.1) is 11.2 Å². The number of nitrogen functional groups attached to an aromatic ring is 2. The minimum Gasteiger partial charge on any atom is -0.497 e. The Hall–Kier alpha value is -3.19. The van der Waals surface area contributed by atoms with E-state index in [0.29, 0.717) is 21.9 Å². The molecule has 0 saturated carbocycles. The first kappa shape index (κ1) is 18.6. The fourth-order valence-electron chi connectivity index (χ4n) is 2.52. The molecule has 3 rings (SSSR count). The van der Waals surface area contributed by atoms with Crippen LogP contribution in [0.25, 0.3) is 11.1 Å². The highest BCUT2D eigenvalue weighted by Crippen LogP contribution is 2.29. The highest BCUT2D eigenvalue weighted by atomic mass is 32.2. The van der Waals surface area contributed by atoms with Crippen molar-refractivity contribution in [3.05, 3.63) is 72.0 Å². The lowest BCUT2D eigenvalue weighted by Gasteiger charge is -2.10. The van der Waals surface area contributed by atoms with Gasteiger partial charge in [0.05, 0.1) is 12.0 Å². The summed E-state index contributed by atoms with van der Waals surface area (Å²) in [6, 6.07) is 17.7. The highest BCUT2D eigenvalue weighted by molar-refractivity contribution is 8.00. The molecule has 7 heteroatoms. The Kier molecular flexibility index (Phi) is 5.52. The van der Waals surface area contributed by atoms with Crippen LogP contribution in [0.3, 0.4) is 0 Å². The largest absolute Gasteiger partial charge is 0.497 e. The van der Waals surface area contributed by atoms with Crippen LogP contribution < -0.4 is 20.9 Å². The second kappa shape index (κ2) is 8.01. The molecule has 0 unspecified atom stereocenters. The van der Waals surface area contributed by atoms with Gasteiger partial charge in [0.15, 0.2) is 0 Å². The van der Waals surface area contributed by atoms with Crippen molar-refractivity contribution in [3.8, 4) is 16.9 Å². The average Bonchev–Trinajstić information content (AvgIpc) is 2.67. The molecule has 0 bridgehead atoms. The maximum atomic E-state index is 13.9. The molecule has 5 nitrogen and oxygen atoms in total. The number of rotatable bonds is 6. The number of nitrogens with two attached hydrogens (primary N) is 2. The number of benzene rings is 3. The van der Waals surface area contributed by atoms with E-state index in [1.807, 2.05) is 30.3 Å². The van der Waals surface area contributed by atoms with Gasteiger partial charge in [-0.05, 0) is 65.5 Å². The van der Waals surface area contributed by atoms with Gasteiger partial charge in [-0.15, -0.1) is 0 Å². The Morgan fingerprint density at radius 3 is 2.37 bits per heavy atom. The summed E-state index contributed by atoms with van der Waals surface area (Å²) in [6.07, 6.45) is 0. The summed E-state index contributed by atoms with van der Waals surface area (Å²) in [4.78, 5) is 0.450. The van der Waals surface area contributed by atoms with E-state index >= 15 is 0 Å². The molecule has 0 aromatic heterocycles. The zero-order valence-corrected chi connectivity index (χ0v) is 15.4. The van der Waals surface area contributed by atoms with Crippen molar-refractivity contribution < 1.29 is 9.13 Å². The number of hydrogen-bond donors (Lipinski definition) is 4. The molecular formula is C20H19FN4OS. The molecule has 0 aliphatic rings. The maximum absolute atomic E-state index is 13.9. The molecule has 0 heterocycles. The summed E-state index contributed by atoms with van der Waals surface area (Å²) in [5.41, 5.74) is 15.2. The summed E-state index contributed by atoms with van der Waals surface area (Å²) in [5.74, 6) is 0.231. The molecule has 0 saturated heterocycles. The molecule has 0 aliphatic carbocycles. The van der Waals surface area contributed by atoms with Crippen LogP contribution in [0.2, 0.25) is 0 Å². The van der Waals surface area contributed by atoms with Gasteiger partial charge in [0, 0.05) is 16.9 Å². The second-order valence-corrected chi connectivity index (χ2v) is 6.64. The van der Waals surface area contributed by atoms with Crippen molar-refractivity contribution in [3.63, 3.8) is 0 Å². The zero-order chi connectivity index (χ0) is 19.4. The van der Waals surface area contributed by atoms with E-state index in [-0.39, 0.29) is 11.7 Å². The molecule has 27 heavy (non-hydrogen) atoms. The number of hydrogen-bond acceptors (Lipinski definition) is 5. The van der Waals surface area contributed by atoms with Gasteiger partial charge in [0.25, 0.3) is 0 Å². The van der Waals surface area contributed by atoms with E-state index in [9.17, 15) is 4.39 Å². The van der Waals surface area contributed by atoms with Crippen molar-refractivity contribution in [2.75, 3.05) is 17.6 Å². The minimum absolute atomic E-state index is 0.0552. The van der Waals surface area contributed by atoms with E-state index in [1.54, 1.807) is 31.4 Å². The predicted molar refractivity (Wildman–Crippen MR) is 110 cm³/mol. The van der Waals surface area contributed by atoms with Gasteiger partial charge in [-0.25, -0.2) is 4.39 Å². The Labute approximate surface area is 161 Å². The fourth-order valence-corrected chi connectivity index (χ4v) is 3.23. The minimum atomic E-state index is -0.314. The van der Waals surface area contributed by atoms with Crippen LogP contribution in [0.5, 0.6) is 5.75 Å². The van der Waals surface area contributed by atoms with Crippen LogP contribution in [0.1, 0.15) is 5.56 Å². The first-order valence-electron chi connectivity index (χ1n) is 8.08. The number of anilines is 2. The lowest BCUT2D eigenvalue weighted by atomic mass is 10.0. The molecule has 0 atom stereocenters. The van der Waals surface area contributed by atoms with Crippen molar-refractivity contribution in [1.82, 2.24) is 0 Å². The normalized spacial score (nSPS) is 10.4. The first-order valence-corrected chi connectivity index (χ1v) is 8.90. The molecule has 0 spiro atoms. The summed E-state index contributed by atoms with van der Waals surface area (Å²) >= 11 is 1.18. The first-order chi connectivity index (χ1) is 13.0. The third-order valence-corrected chi connectivity index (χ3v) is 4.85. The molecule has 0 radical (unpaired) electrons. The topological polar surface area (TPSA) is 97.1 Å². The standard InChI is InChI=1S/C20H19FN4OS/c1-26-15-7-9-17(21)19(11-15)27-25-14-5-2-12(3-6-14)13-4-8-16(20(23)24)18(22)10-13/h2-11,25H,22H2,1H3,(H3,23,24). The van der Waals surface area contributed by atoms with Crippen LogP contribution in [0.15, 0.2) is 65.6 Å². The van der Waals surface area contributed by atoms with Gasteiger partial charge in [-0.3, -0.25) is 5.41 Å². The van der Waals surface area contributed by atoms with Crippen molar-refractivity contribution in [2.45, 2.75) is 4.90 Å². The molecule has 6 N–H and O–H groups in total. The van der Waals surface area contributed by atoms with Crippen molar-refractivity contribution in [1.29, 1.82) is 5.41 Å². The molecule has 0 fully saturated rings. The average molecular weight is 382 g/mol. The third-order valence-electron chi connectivity index (χ3n) is 3.98. The van der Waals surface area contributed by atoms with Gasteiger partial charge in [-0.2, -0.15) is 0 Å². The monoisotopic (exact) mass is 382 g/mol. The van der Waals surface area contributed by atoms with E-state index in [0.717, 1.165) is 16.8 Å².